The van der Waals surface area contributed by atoms with Gasteiger partial charge < -0.3 is 9.88 Å². The Kier molecular flexibility index (Phi) is 6.93. The van der Waals surface area contributed by atoms with Gasteiger partial charge in [-0.3, -0.25) is 4.79 Å². The maximum Gasteiger partial charge on any atom is 0.261 e. The van der Waals surface area contributed by atoms with E-state index in [1.165, 1.54) is 22.4 Å². The van der Waals surface area contributed by atoms with Gasteiger partial charge in [-0.25, -0.2) is 4.98 Å². The first-order valence-electron chi connectivity index (χ1n) is 10.6. The highest BCUT2D eigenvalue weighted by Crippen LogP contribution is 2.19. The van der Waals surface area contributed by atoms with Crippen molar-refractivity contribution in [3.63, 3.8) is 0 Å². The fraction of sp³-hybridized carbons (Fsp3) is 0.280. The highest BCUT2D eigenvalue weighted by molar-refractivity contribution is 7.12. The standard InChI is InChI=1S/C25H27N3OS/c29-25(23-14-9-19-30-23)26-17-8-2-5-15-24-27-21-12-6-7-13-22(21)28(24)18-16-20-10-3-1-4-11-20/h1,3-4,6-7,9-14,19H,2,5,8,15-18H2,(H,26,29). The van der Waals surface area contributed by atoms with Gasteiger partial charge in [0.05, 0.1) is 15.9 Å². The van der Waals surface area contributed by atoms with Gasteiger partial charge in [-0.2, -0.15) is 0 Å². The molecule has 4 rings (SSSR count). The lowest BCUT2D eigenvalue weighted by molar-refractivity contribution is 0.0957. The number of unbranched alkanes of at least 4 members (excludes halogenated alkanes) is 2. The number of hydrogen-bond acceptors (Lipinski definition) is 3. The Morgan fingerprint density at radius 3 is 2.57 bits per heavy atom. The maximum atomic E-state index is 12.0. The summed E-state index contributed by atoms with van der Waals surface area (Å²) in [7, 11) is 0. The van der Waals surface area contributed by atoms with Gasteiger partial charge in [-0.15, -0.1) is 11.3 Å². The summed E-state index contributed by atoms with van der Waals surface area (Å²) in [4.78, 5) is 17.7. The van der Waals surface area contributed by atoms with Gasteiger partial charge >= 0.3 is 0 Å². The van der Waals surface area contributed by atoms with Crippen molar-refractivity contribution < 1.29 is 4.79 Å². The topological polar surface area (TPSA) is 46.9 Å². The van der Waals surface area contributed by atoms with Gasteiger partial charge in [-0.05, 0) is 48.4 Å². The molecule has 5 heteroatoms. The average Bonchev–Trinajstić information content (AvgIpc) is 3.43. The number of carbonyl (C=O) groups excluding carboxylic acids is 1. The number of carbonyl (C=O) groups is 1. The smallest absolute Gasteiger partial charge is 0.261 e. The van der Waals surface area contributed by atoms with Gasteiger partial charge in [0.25, 0.3) is 5.91 Å². The monoisotopic (exact) mass is 417 g/mol. The van der Waals surface area contributed by atoms with Crippen LogP contribution < -0.4 is 5.32 Å². The zero-order valence-electron chi connectivity index (χ0n) is 17.1. The second kappa shape index (κ2) is 10.2. The lowest BCUT2D eigenvalue weighted by Gasteiger charge is -2.10. The summed E-state index contributed by atoms with van der Waals surface area (Å²) in [5.74, 6) is 1.20. The predicted octanol–water partition coefficient (Wildman–Crippen LogP) is 5.48. The van der Waals surface area contributed by atoms with Gasteiger partial charge in [0.1, 0.15) is 5.82 Å². The number of amides is 1. The first-order chi connectivity index (χ1) is 14.8. The van der Waals surface area contributed by atoms with Crippen LogP contribution in [0.4, 0.5) is 0 Å². The normalized spacial score (nSPS) is 11.1. The third-order valence-electron chi connectivity index (χ3n) is 5.31. The van der Waals surface area contributed by atoms with Gasteiger partial charge in [0.15, 0.2) is 0 Å². The van der Waals surface area contributed by atoms with Crippen molar-refractivity contribution in [3.8, 4) is 0 Å². The van der Waals surface area contributed by atoms with E-state index in [1.807, 2.05) is 17.5 Å². The van der Waals surface area contributed by atoms with Crippen LogP contribution >= 0.6 is 11.3 Å². The number of imidazole rings is 1. The van der Waals surface area contributed by atoms with Crippen LogP contribution in [0.1, 0.15) is 40.3 Å². The molecule has 2 aromatic heterocycles. The van der Waals surface area contributed by atoms with E-state index < -0.39 is 0 Å². The molecule has 0 bridgehead atoms. The van der Waals surface area contributed by atoms with Crippen molar-refractivity contribution in [1.82, 2.24) is 14.9 Å². The zero-order chi connectivity index (χ0) is 20.6. The van der Waals surface area contributed by atoms with Crippen molar-refractivity contribution in [3.05, 3.63) is 88.4 Å². The van der Waals surface area contributed by atoms with Crippen molar-refractivity contribution in [1.29, 1.82) is 0 Å². The molecular formula is C25H27N3OS. The van der Waals surface area contributed by atoms with Crippen molar-refractivity contribution >= 4 is 28.3 Å². The van der Waals surface area contributed by atoms with Crippen molar-refractivity contribution in [2.75, 3.05) is 6.54 Å². The van der Waals surface area contributed by atoms with Gasteiger partial charge in [-0.1, -0.05) is 55.0 Å². The Balaban J connectivity index is 1.30. The third-order valence-corrected chi connectivity index (χ3v) is 6.18. The first-order valence-corrected chi connectivity index (χ1v) is 11.5. The molecule has 1 amide bonds. The molecule has 4 nitrogen and oxygen atoms in total. The second-order valence-corrected chi connectivity index (χ2v) is 8.40. The van der Waals surface area contributed by atoms with Crippen LogP contribution in [0.5, 0.6) is 0 Å². The first kappa shape index (κ1) is 20.4. The Morgan fingerprint density at radius 1 is 0.900 bits per heavy atom. The SMILES string of the molecule is O=C(NCCCCCc1nc2ccccc2n1CCc1ccccc1)c1cccs1. The second-order valence-electron chi connectivity index (χ2n) is 7.45. The molecule has 1 N–H and O–H groups in total. The molecule has 0 fully saturated rings. The number of fused-ring (bicyclic) bond motifs is 1. The summed E-state index contributed by atoms with van der Waals surface area (Å²) in [6.45, 7) is 1.66. The molecule has 0 unspecified atom stereocenters. The van der Waals surface area contributed by atoms with E-state index in [4.69, 9.17) is 4.98 Å². The third kappa shape index (κ3) is 5.16. The van der Waals surface area contributed by atoms with Crippen LogP contribution in [0.3, 0.4) is 0 Å². The number of thiophene rings is 1. The molecule has 0 aliphatic carbocycles. The summed E-state index contributed by atoms with van der Waals surface area (Å²) >= 11 is 1.48. The molecule has 30 heavy (non-hydrogen) atoms. The van der Waals surface area contributed by atoms with Crippen molar-refractivity contribution in [2.45, 2.75) is 38.6 Å². The minimum absolute atomic E-state index is 0.0349. The number of hydrogen-bond donors (Lipinski definition) is 1. The van der Waals surface area contributed by atoms with Crippen LogP contribution in [0.2, 0.25) is 0 Å². The summed E-state index contributed by atoms with van der Waals surface area (Å²) in [5, 5.41) is 4.94. The van der Waals surface area contributed by atoms with Gasteiger partial charge in [0.2, 0.25) is 0 Å². The lowest BCUT2D eigenvalue weighted by atomic mass is 10.1. The fourth-order valence-corrected chi connectivity index (χ4v) is 4.37. The van der Waals surface area contributed by atoms with Crippen LogP contribution in [-0.4, -0.2) is 22.0 Å². The predicted molar refractivity (Wildman–Crippen MR) is 124 cm³/mol. The van der Waals surface area contributed by atoms with Crippen LogP contribution in [-0.2, 0) is 19.4 Å². The average molecular weight is 418 g/mol. The molecule has 0 aliphatic heterocycles. The Labute approximate surface area is 181 Å². The van der Waals surface area contributed by atoms with Gasteiger partial charge in [0, 0.05) is 19.5 Å². The summed E-state index contributed by atoms with van der Waals surface area (Å²) < 4.78 is 2.38. The quantitative estimate of drug-likeness (QED) is 0.347. The molecule has 0 saturated heterocycles. The number of para-hydroxylation sites is 2. The Morgan fingerprint density at radius 2 is 1.73 bits per heavy atom. The van der Waals surface area contributed by atoms with E-state index >= 15 is 0 Å². The molecule has 0 radical (unpaired) electrons. The number of nitrogens with one attached hydrogen (secondary N) is 1. The highest BCUT2D eigenvalue weighted by atomic mass is 32.1. The van der Waals surface area contributed by atoms with E-state index in [0.29, 0.717) is 0 Å². The van der Waals surface area contributed by atoms with Crippen LogP contribution in [0.25, 0.3) is 11.0 Å². The summed E-state index contributed by atoms with van der Waals surface area (Å²) in [5.41, 5.74) is 3.64. The van der Waals surface area contributed by atoms with Crippen molar-refractivity contribution in [2.24, 2.45) is 0 Å². The lowest BCUT2D eigenvalue weighted by Crippen LogP contribution is -2.23. The van der Waals surface area contributed by atoms with Crippen LogP contribution in [0, 0.1) is 0 Å². The number of aromatic nitrogens is 2. The van der Waals surface area contributed by atoms with E-state index in [2.05, 4.69) is 64.5 Å². The van der Waals surface area contributed by atoms with E-state index in [-0.39, 0.29) is 5.91 Å². The Hall–Kier alpha value is -2.92. The zero-order valence-corrected chi connectivity index (χ0v) is 17.9. The number of aryl methyl sites for hydroxylation is 3. The largest absolute Gasteiger partial charge is 0.351 e. The molecule has 2 aromatic carbocycles. The number of benzene rings is 2. The van der Waals surface area contributed by atoms with E-state index in [1.54, 1.807) is 0 Å². The molecule has 154 valence electrons. The Bertz CT molecular complexity index is 1070. The minimum Gasteiger partial charge on any atom is -0.351 e. The molecule has 0 saturated carbocycles. The molecular weight excluding hydrogens is 390 g/mol. The molecule has 0 atom stereocenters. The molecule has 4 aromatic rings. The number of nitrogens with zero attached hydrogens (tertiary/aromatic N) is 2. The summed E-state index contributed by atoms with van der Waals surface area (Å²) in [6.07, 6.45) is 5.10. The minimum atomic E-state index is 0.0349. The van der Waals surface area contributed by atoms with E-state index in [9.17, 15) is 4.79 Å². The summed E-state index contributed by atoms with van der Waals surface area (Å²) in [6, 6.07) is 22.8. The molecule has 0 spiro atoms. The van der Waals surface area contributed by atoms with E-state index in [0.717, 1.165) is 61.4 Å². The molecule has 2 heterocycles. The maximum absolute atomic E-state index is 12.0. The molecule has 0 aliphatic rings. The highest BCUT2D eigenvalue weighted by Gasteiger charge is 2.10. The van der Waals surface area contributed by atoms with Crippen LogP contribution in [0.15, 0.2) is 72.1 Å². The fourth-order valence-electron chi connectivity index (χ4n) is 3.73. The number of rotatable bonds is 10.